The van der Waals surface area contributed by atoms with E-state index in [4.69, 9.17) is 0 Å². The largest absolute Gasteiger partial charge is 0.316 e. The fourth-order valence-electron chi connectivity index (χ4n) is 0.666. The van der Waals surface area contributed by atoms with Crippen molar-refractivity contribution >= 4 is 10.2 Å². The lowest BCUT2D eigenvalue weighted by Crippen LogP contribution is -2.45. The number of rotatable bonds is 4. The molecular formula is C6H15N3O2S. The third-order valence-electron chi connectivity index (χ3n) is 1.24. The van der Waals surface area contributed by atoms with Gasteiger partial charge >= 0.3 is 10.2 Å². The van der Waals surface area contributed by atoms with Gasteiger partial charge in [0.05, 0.1) is 0 Å². The normalized spacial score (nSPS) is 11.8. The first-order valence-electron chi connectivity index (χ1n) is 3.39. The van der Waals surface area contributed by atoms with E-state index in [1.807, 2.05) is 0 Å². The zero-order chi connectivity index (χ0) is 9.94. The van der Waals surface area contributed by atoms with Crippen LogP contribution in [0.5, 0.6) is 0 Å². The van der Waals surface area contributed by atoms with Gasteiger partial charge in [-0.15, -0.1) is 0 Å². The summed E-state index contributed by atoms with van der Waals surface area (Å²) in [6, 6.07) is 0. The van der Waals surface area contributed by atoms with Crippen LogP contribution >= 0.6 is 0 Å². The quantitative estimate of drug-likeness (QED) is 0.627. The molecule has 0 aromatic rings. The first-order chi connectivity index (χ1) is 5.34. The van der Waals surface area contributed by atoms with Crippen LogP contribution in [-0.2, 0) is 10.2 Å². The van der Waals surface area contributed by atoms with Crippen LogP contribution in [0, 0.1) is 0 Å². The van der Waals surface area contributed by atoms with E-state index in [9.17, 15) is 8.42 Å². The highest BCUT2D eigenvalue weighted by Crippen LogP contribution is 2.06. The van der Waals surface area contributed by atoms with Gasteiger partial charge in [-0.05, 0) is 6.92 Å². The molecule has 1 N–H and O–H groups in total. The molecule has 72 valence electrons. The molecule has 0 bridgehead atoms. The van der Waals surface area contributed by atoms with Crippen molar-refractivity contribution in [2.45, 2.75) is 6.92 Å². The SMILES string of the molecule is C=C(C)N(NC)S(=O)(=O)N(C)C. The third kappa shape index (κ3) is 2.20. The van der Waals surface area contributed by atoms with Crippen LogP contribution in [0.2, 0.25) is 0 Å². The minimum atomic E-state index is -3.43. The number of hydrogen-bond donors (Lipinski definition) is 1. The number of nitrogens with one attached hydrogen (secondary N) is 1. The number of allylic oxidation sites excluding steroid dienone is 1. The summed E-state index contributed by atoms with van der Waals surface area (Å²) >= 11 is 0. The topological polar surface area (TPSA) is 52.7 Å². The van der Waals surface area contributed by atoms with E-state index in [0.29, 0.717) is 5.70 Å². The van der Waals surface area contributed by atoms with Crippen molar-refractivity contribution in [1.29, 1.82) is 0 Å². The Hall–Kier alpha value is -0.590. The fraction of sp³-hybridized carbons (Fsp3) is 0.667. The van der Waals surface area contributed by atoms with Crippen LogP contribution < -0.4 is 5.43 Å². The lowest BCUT2D eigenvalue weighted by atomic mass is 10.6. The molecule has 5 nitrogen and oxygen atoms in total. The van der Waals surface area contributed by atoms with Gasteiger partial charge in [0.1, 0.15) is 0 Å². The van der Waals surface area contributed by atoms with Crippen molar-refractivity contribution in [2.24, 2.45) is 0 Å². The highest BCUT2D eigenvalue weighted by Gasteiger charge is 2.22. The van der Waals surface area contributed by atoms with Crippen LogP contribution in [0.1, 0.15) is 6.92 Å². The summed E-state index contributed by atoms with van der Waals surface area (Å²) < 4.78 is 25.0. The van der Waals surface area contributed by atoms with Crippen molar-refractivity contribution in [3.63, 3.8) is 0 Å². The van der Waals surface area contributed by atoms with E-state index in [1.54, 1.807) is 6.92 Å². The third-order valence-corrected chi connectivity index (χ3v) is 3.12. The Morgan fingerprint density at radius 3 is 1.92 bits per heavy atom. The second kappa shape index (κ2) is 3.88. The molecular weight excluding hydrogens is 178 g/mol. The molecule has 0 fully saturated rings. The molecule has 12 heavy (non-hydrogen) atoms. The zero-order valence-corrected chi connectivity index (χ0v) is 8.64. The summed E-state index contributed by atoms with van der Waals surface area (Å²) in [4.78, 5) is 0. The van der Waals surface area contributed by atoms with Crippen molar-refractivity contribution < 1.29 is 8.42 Å². The Balaban J connectivity index is 4.87. The van der Waals surface area contributed by atoms with Crippen LogP contribution in [0.25, 0.3) is 0 Å². The molecule has 0 aromatic carbocycles. The maximum Gasteiger partial charge on any atom is 0.316 e. The van der Waals surface area contributed by atoms with Crippen molar-refractivity contribution in [3.8, 4) is 0 Å². The molecule has 0 atom stereocenters. The molecule has 0 aliphatic carbocycles. The summed E-state index contributed by atoms with van der Waals surface area (Å²) in [5.74, 6) is 0. The Morgan fingerprint density at radius 1 is 1.42 bits per heavy atom. The average Bonchev–Trinajstić information content (AvgIpc) is 1.86. The first kappa shape index (κ1) is 11.4. The van der Waals surface area contributed by atoms with Gasteiger partial charge in [0, 0.05) is 26.8 Å². The number of nitrogens with zero attached hydrogens (tertiary/aromatic N) is 2. The summed E-state index contributed by atoms with van der Waals surface area (Å²) in [6.45, 7) is 5.14. The standard InChI is InChI=1S/C6H15N3O2S/c1-6(2)9(7-3)12(10,11)8(4)5/h7H,1H2,2-5H3. The predicted molar refractivity (Wildman–Crippen MR) is 48.3 cm³/mol. The predicted octanol–water partition coefficient (Wildman–Crippen LogP) is -0.237. The van der Waals surface area contributed by atoms with Crippen molar-refractivity contribution in [1.82, 2.24) is 14.1 Å². The molecule has 0 saturated heterocycles. The van der Waals surface area contributed by atoms with Gasteiger partial charge < -0.3 is 0 Å². The first-order valence-corrected chi connectivity index (χ1v) is 4.79. The monoisotopic (exact) mass is 193 g/mol. The molecule has 0 radical (unpaired) electrons. The van der Waals surface area contributed by atoms with Gasteiger partial charge in [-0.1, -0.05) is 6.58 Å². The summed E-state index contributed by atoms with van der Waals surface area (Å²) in [5, 5.41) is 0. The van der Waals surface area contributed by atoms with E-state index >= 15 is 0 Å². The lowest BCUT2D eigenvalue weighted by molar-refractivity contribution is 0.375. The lowest BCUT2D eigenvalue weighted by Gasteiger charge is -2.25. The van der Waals surface area contributed by atoms with E-state index < -0.39 is 10.2 Å². The van der Waals surface area contributed by atoms with Crippen molar-refractivity contribution in [3.05, 3.63) is 12.3 Å². The Morgan fingerprint density at radius 2 is 1.83 bits per heavy atom. The summed E-state index contributed by atoms with van der Waals surface area (Å²) in [7, 11) is 1.01. The van der Waals surface area contributed by atoms with E-state index in [2.05, 4.69) is 12.0 Å². The molecule has 0 saturated carbocycles. The van der Waals surface area contributed by atoms with Crippen LogP contribution in [-0.4, -0.2) is 38.3 Å². The summed E-state index contributed by atoms with van der Waals surface area (Å²) in [6.07, 6.45) is 0. The molecule has 0 unspecified atom stereocenters. The molecule has 0 rings (SSSR count). The smallest absolute Gasteiger partial charge is 0.222 e. The molecule has 0 aliphatic heterocycles. The Kier molecular flexibility index (Phi) is 3.69. The molecule has 0 spiro atoms. The van der Waals surface area contributed by atoms with Crippen LogP contribution in [0.4, 0.5) is 0 Å². The number of hydrogen-bond acceptors (Lipinski definition) is 3. The minimum absolute atomic E-state index is 0.422. The highest BCUT2D eigenvalue weighted by molar-refractivity contribution is 7.86. The maximum absolute atomic E-state index is 11.4. The van der Waals surface area contributed by atoms with Crippen LogP contribution in [0.3, 0.4) is 0 Å². The molecule has 0 amide bonds. The van der Waals surface area contributed by atoms with Gasteiger partial charge in [0.15, 0.2) is 0 Å². The van der Waals surface area contributed by atoms with E-state index in [0.717, 1.165) is 8.72 Å². The van der Waals surface area contributed by atoms with E-state index in [1.165, 1.54) is 21.1 Å². The van der Waals surface area contributed by atoms with Gasteiger partial charge in [-0.3, -0.25) is 0 Å². The second-order valence-corrected chi connectivity index (χ2v) is 4.50. The summed E-state index contributed by atoms with van der Waals surface area (Å²) in [5.41, 5.74) is 2.95. The molecule has 0 heterocycles. The fourth-order valence-corrected chi connectivity index (χ4v) is 1.62. The zero-order valence-electron chi connectivity index (χ0n) is 7.83. The van der Waals surface area contributed by atoms with Crippen LogP contribution in [0.15, 0.2) is 12.3 Å². The van der Waals surface area contributed by atoms with E-state index in [-0.39, 0.29) is 0 Å². The molecule has 0 aliphatic rings. The Labute approximate surface area is 73.8 Å². The second-order valence-electron chi connectivity index (χ2n) is 2.51. The number of hydrazine groups is 1. The van der Waals surface area contributed by atoms with Crippen molar-refractivity contribution in [2.75, 3.05) is 21.1 Å². The Bertz CT molecular complexity index is 258. The highest BCUT2D eigenvalue weighted by atomic mass is 32.2. The van der Waals surface area contributed by atoms with Gasteiger partial charge in [0.25, 0.3) is 0 Å². The maximum atomic E-state index is 11.4. The average molecular weight is 193 g/mol. The molecule has 0 aromatic heterocycles. The van der Waals surface area contributed by atoms with Gasteiger partial charge in [-0.25, -0.2) is 5.43 Å². The minimum Gasteiger partial charge on any atom is -0.222 e. The molecule has 6 heteroatoms. The van der Waals surface area contributed by atoms with Gasteiger partial charge in [0.2, 0.25) is 0 Å². The van der Waals surface area contributed by atoms with Gasteiger partial charge in [-0.2, -0.15) is 17.1 Å².